The number of carboxylic acids is 1. The molecule has 0 radical (unpaired) electrons. The van der Waals surface area contributed by atoms with E-state index in [2.05, 4.69) is 0 Å². The Morgan fingerprint density at radius 1 is 1.27 bits per heavy atom. The van der Waals surface area contributed by atoms with Crippen molar-refractivity contribution in [1.82, 2.24) is 4.90 Å². The SMILES string of the molecule is CCC(C(=O)O)N(C)C(=O)C(C)C(C)C. The highest BCUT2D eigenvalue weighted by atomic mass is 16.4. The second-order valence-corrected chi connectivity index (χ2v) is 4.24. The van der Waals surface area contributed by atoms with Crippen LogP contribution in [-0.2, 0) is 9.59 Å². The molecule has 2 unspecified atom stereocenters. The fraction of sp³-hybridized carbons (Fsp3) is 0.818. The van der Waals surface area contributed by atoms with Gasteiger partial charge in [-0.1, -0.05) is 27.7 Å². The molecule has 0 saturated heterocycles. The highest BCUT2D eigenvalue weighted by molar-refractivity contribution is 5.84. The van der Waals surface area contributed by atoms with Crippen LogP contribution in [0.4, 0.5) is 0 Å². The largest absolute Gasteiger partial charge is 0.480 e. The molecule has 0 rings (SSSR count). The van der Waals surface area contributed by atoms with Gasteiger partial charge >= 0.3 is 5.97 Å². The molecule has 0 spiro atoms. The van der Waals surface area contributed by atoms with Crippen molar-refractivity contribution >= 4 is 11.9 Å². The first-order valence-corrected chi connectivity index (χ1v) is 5.32. The second kappa shape index (κ2) is 5.73. The lowest BCUT2D eigenvalue weighted by atomic mass is 9.96. The van der Waals surface area contributed by atoms with Gasteiger partial charge in [0.05, 0.1) is 0 Å². The minimum atomic E-state index is -0.940. The Morgan fingerprint density at radius 2 is 1.73 bits per heavy atom. The summed E-state index contributed by atoms with van der Waals surface area (Å²) in [7, 11) is 1.56. The first-order valence-electron chi connectivity index (χ1n) is 5.32. The zero-order chi connectivity index (χ0) is 12.2. The van der Waals surface area contributed by atoms with Crippen molar-refractivity contribution in [2.45, 2.75) is 40.2 Å². The predicted molar refractivity (Wildman–Crippen MR) is 58.5 cm³/mol. The molecule has 0 aliphatic rings. The summed E-state index contributed by atoms with van der Waals surface area (Å²) in [6, 6.07) is -0.710. The van der Waals surface area contributed by atoms with Crippen molar-refractivity contribution in [3.63, 3.8) is 0 Å². The van der Waals surface area contributed by atoms with Crippen molar-refractivity contribution in [1.29, 1.82) is 0 Å². The molecular weight excluding hydrogens is 194 g/mol. The van der Waals surface area contributed by atoms with Crippen LogP contribution in [0.15, 0.2) is 0 Å². The number of hydrogen-bond acceptors (Lipinski definition) is 2. The van der Waals surface area contributed by atoms with Crippen LogP contribution in [0.1, 0.15) is 34.1 Å². The molecule has 4 heteroatoms. The van der Waals surface area contributed by atoms with Crippen LogP contribution in [0.2, 0.25) is 0 Å². The Balaban J connectivity index is 4.61. The Bertz CT molecular complexity index is 238. The van der Waals surface area contributed by atoms with E-state index in [0.29, 0.717) is 6.42 Å². The van der Waals surface area contributed by atoms with E-state index in [1.165, 1.54) is 4.90 Å². The summed E-state index contributed by atoms with van der Waals surface area (Å²) in [5.74, 6) is -0.946. The van der Waals surface area contributed by atoms with Crippen molar-refractivity contribution in [2.24, 2.45) is 11.8 Å². The molecule has 4 nitrogen and oxygen atoms in total. The topological polar surface area (TPSA) is 57.6 Å². The maximum Gasteiger partial charge on any atom is 0.326 e. The fourth-order valence-corrected chi connectivity index (χ4v) is 1.37. The summed E-state index contributed by atoms with van der Waals surface area (Å²) in [4.78, 5) is 24.1. The lowest BCUT2D eigenvalue weighted by molar-refractivity contribution is -0.151. The average molecular weight is 215 g/mol. The van der Waals surface area contributed by atoms with Crippen molar-refractivity contribution in [3.05, 3.63) is 0 Å². The van der Waals surface area contributed by atoms with Gasteiger partial charge in [0.25, 0.3) is 0 Å². The van der Waals surface area contributed by atoms with Gasteiger partial charge in [0, 0.05) is 13.0 Å². The first-order chi connectivity index (χ1) is 6.82. The average Bonchev–Trinajstić information content (AvgIpc) is 2.15. The van der Waals surface area contributed by atoms with Crippen LogP contribution in [0, 0.1) is 11.8 Å². The van der Waals surface area contributed by atoms with E-state index in [-0.39, 0.29) is 17.7 Å². The lowest BCUT2D eigenvalue weighted by Gasteiger charge is -2.28. The monoisotopic (exact) mass is 215 g/mol. The molecule has 0 heterocycles. The Morgan fingerprint density at radius 3 is 2.00 bits per heavy atom. The molecule has 0 fully saturated rings. The third-order valence-corrected chi connectivity index (χ3v) is 2.88. The van der Waals surface area contributed by atoms with Crippen molar-refractivity contribution in [2.75, 3.05) is 7.05 Å². The van der Waals surface area contributed by atoms with E-state index in [9.17, 15) is 9.59 Å². The van der Waals surface area contributed by atoms with Gasteiger partial charge in [0.15, 0.2) is 0 Å². The normalized spacial score (nSPS) is 14.8. The third-order valence-electron chi connectivity index (χ3n) is 2.88. The minimum Gasteiger partial charge on any atom is -0.480 e. The molecule has 0 bridgehead atoms. The van der Waals surface area contributed by atoms with Crippen LogP contribution in [-0.4, -0.2) is 35.0 Å². The maximum absolute atomic E-state index is 11.9. The number of likely N-dealkylation sites (N-methyl/N-ethyl adjacent to an activating group) is 1. The van der Waals surface area contributed by atoms with Gasteiger partial charge in [-0.05, 0) is 12.3 Å². The Kier molecular flexibility index (Phi) is 5.33. The van der Waals surface area contributed by atoms with Gasteiger partial charge in [0.1, 0.15) is 6.04 Å². The van der Waals surface area contributed by atoms with Crippen LogP contribution in [0.5, 0.6) is 0 Å². The van der Waals surface area contributed by atoms with Gasteiger partial charge in [-0.25, -0.2) is 4.79 Å². The third kappa shape index (κ3) is 3.53. The number of carboxylic acid groups (broad SMARTS) is 1. The quantitative estimate of drug-likeness (QED) is 0.757. The van der Waals surface area contributed by atoms with Crippen LogP contribution in [0.3, 0.4) is 0 Å². The molecule has 0 aliphatic heterocycles. The number of hydrogen-bond donors (Lipinski definition) is 1. The summed E-state index contributed by atoms with van der Waals surface area (Å²) in [6.45, 7) is 7.51. The van der Waals surface area contributed by atoms with E-state index < -0.39 is 12.0 Å². The van der Waals surface area contributed by atoms with Gasteiger partial charge in [-0.3, -0.25) is 4.79 Å². The first kappa shape index (κ1) is 13.9. The Labute approximate surface area is 91.3 Å². The van der Waals surface area contributed by atoms with E-state index in [1.54, 1.807) is 14.0 Å². The molecular formula is C11H21NO3. The zero-order valence-corrected chi connectivity index (χ0v) is 10.2. The number of aliphatic carboxylic acids is 1. The summed E-state index contributed by atoms with van der Waals surface area (Å²) < 4.78 is 0. The predicted octanol–water partition coefficient (Wildman–Crippen LogP) is 1.60. The summed E-state index contributed by atoms with van der Waals surface area (Å²) in [6.07, 6.45) is 0.433. The van der Waals surface area contributed by atoms with E-state index in [1.807, 2.05) is 20.8 Å². The van der Waals surface area contributed by atoms with E-state index >= 15 is 0 Å². The van der Waals surface area contributed by atoms with Crippen molar-refractivity contribution < 1.29 is 14.7 Å². The molecule has 0 aromatic carbocycles. The molecule has 0 aromatic heterocycles. The number of amides is 1. The molecule has 0 aliphatic carbocycles. The van der Waals surface area contributed by atoms with Crippen LogP contribution >= 0.6 is 0 Å². The zero-order valence-electron chi connectivity index (χ0n) is 10.2. The summed E-state index contributed by atoms with van der Waals surface area (Å²) in [5, 5.41) is 8.92. The number of carbonyl (C=O) groups is 2. The maximum atomic E-state index is 11.9. The van der Waals surface area contributed by atoms with Gasteiger partial charge in [0.2, 0.25) is 5.91 Å². The number of nitrogens with zero attached hydrogens (tertiary/aromatic N) is 1. The van der Waals surface area contributed by atoms with E-state index in [0.717, 1.165) is 0 Å². The van der Waals surface area contributed by atoms with E-state index in [4.69, 9.17) is 5.11 Å². The highest BCUT2D eigenvalue weighted by Crippen LogP contribution is 2.15. The summed E-state index contributed by atoms with van der Waals surface area (Å²) >= 11 is 0. The molecule has 0 saturated carbocycles. The van der Waals surface area contributed by atoms with Crippen LogP contribution < -0.4 is 0 Å². The second-order valence-electron chi connectivity index (χ2n) is 4.24. The minimum absolute atomic E-state index is 0.0979. The molecule has 1 amide bonds. The summed E-state index contributed by atoms with van der Waals surface area (Å²) in [5.41, 5.74) is 0. The molecule has 2 atom stereocenters. The molecule has 15 heavy (non-hydrogen) atoms. The highest BCUT2D eigenvalue weighted by Gasteiger charge is 2.28. The standard InChI is InChI=1S/C11H21NO3/c1-6-9(11(14)15)12(5)10(13)8(4)7(2)3/h7-9H,6H2,1-5H3,(H,14,15). The van der Waals surface area contributed by atoms with Gasteiger partial charge in [-0.15, -0.1) is 0 Å². The molecule has 0 aromatic rings. The molecule has 1 N–H and O–H groups in total. The van der Waals surface area contributed by atoms with Crippen LogP contribution in [0.25, 0.3) is 0 Å². The number of rotatable bonds is 5. The smallest absolute Gasteiger partial charge is 0.326 e. The fourth-order valence-electron chi connectivity index (χ4n) is 1.37. The lowest BCUT2D eigenvalue weighted by Crippen LogP contribution is -2.45. The van der Waals surface area contributed by atoms with Crippen molar-refractivity contribution in [3.8, 4) is 0 Å². The van der Waals surface area contributed by atoms with Gasteiger partial charge < -0.3 is 10.0 Å². The molecule has 88 valence electrons. The number of carbonyl (C=O) groups excluding carboxylic acids is 1. The van der Waals surface area contributed by atoms with Gasteiger partial charge in [-0.2, -0.15) is 0 Å². The Hall–Kier alpha value is -1.06.